The molecule has 128 heavy (non-hydrogen) atoms. The van der Waals surface area contributed by atoms with E-state index >= 15 is 24.0 Å². The van der Waals surface area contributed by atoms with Gasteiger partial charge in [-0.1, -0.05) is 108 Å². The minimum atomic E-state index is -2.26. The molecule has 5 unspecified atom stereocenters. The van der Waals surface area contributed by atoms with Crippen molar-refractivity contribution in [1.29, 1.82) is 0 Å². The molecule has 7 aliphatic heterocycles. The fourth-order valence-corrected chi connectivity index (χ4v) is 17.1. The van der Waals surface area contributed by atoms with Crippen molar-refractivity contribution in [2.45, 2.75) is 272 Å². The number of fused-ring (bicyclic) bond motifs is 15. The number of carbonyl (C=O) groups excluding carboxylic acids is 9. The van der Waals surface area contributed by atoms with E-state index in [2.05, 4.69) is 38.8 Å². The number of Topliss-reactive ketones (excluding diaryl/α,β-unsaturated/α-hetero) is 3. The zero-order chi connectivity index (χ0) is 93.4. The summed E-state index contributed by atoms with van der Waals surface area (Å²) in [6.07, 6.45) is -23.3. The monoisotopic (exact) mass is 1830 g/mol. The smallest absolute Gasteiger partial charge is 0.295 e. The summed E-state index contributed by atoms with van der Waals surface area (Å²) < 4.78 is 45.2. The van der Waals surface area contributed by atoms with Crippen molar-refractivity contribution in [3.8, 4) is 57.1 Å². The number of halogens is 2. The van der Waals surface area contributed by atoms with Crippen molar-refractivity contribution >= 4 is 76.6 Å². The number of ketones is 3. The summed E-state index contributed by atoms with van der Waals surface area (Å²) in [6.45, 7) is 8.91. The van der Waals surface area contributed by atoms with Crippen LogP contribution in [0.2, 0.25) is 10.0 Å². The van der Waals surface area contributed by atoms with Gasteiger partial charge in [0.1, 0.15) is 102 Å². The van der Waals surface area contributed by atoms with Gasteiger partial charge in [-0.15, -0.1) is 0 Å². The quantitative estimate of drug-likeness (QED) is 0.0199. The van der Waals surface area contributed by atoms with E-state index in [0.717, 1.165) is 93.5 Å². The van der Waals surface area contributed by atoms with Gasteiger partial charge in [-0.2, -0.15) is 0 Å². The molecule has 7 heterocycles. The molecule has 0 radical (unpaired) electrons. The van der Waals surface area contributed by atoms with E-state index in [1.165, 1.54) is 24.3 Å². The zero-order valence-electron chi connectivity index (χ0n) is 71.7. The maximum absolute atomic E-state index is 16.6. The molecule has 2 saturated heterocycles. The largest absolute Gasteiger partial charge is 0.507 e. The number of ether oxygens (including phenoxy) is 7. The molecule has 0 saturated carbocycles. The molecular weight excluding hydrogens is 1720 g/mol. The second-order valence-electron chi connectivity index (χ2n) is 33.9. The van der Waals surface area contributed by atoms with Gasteiger partial charge in [-0.25, -0.2) is 0 Å². The molecule has 2 fully saturated rings. The second kappa shape index (κ2) is 45.5. The van der Waals surface area contributed by atoms with Gasteiger partial charge < -0.3 is 142 Å². The summed E-state index contributed by atoms with van der Waals surface area (Å²) in [6, 6.07) is 7.15. The maximum Gasteiger partial charge on any atom is 0.295 e. The second-order valence-corrected chi connectivity index (χ2v) is 34.7. The number of phenolic OH excluding ortho intramolecular Hbond substituents is 3. The topological polar surface area (TPSA) is 600 Å². The van der Waals surface area contributed by atoms with Crippen LogP contribution in [0.3, 0.4) is 0 Å². The average Bonchev–Trinajstić information content (AvgIpc) is 0.760. The normalized spacial score (nSPS) is 26.9. The summed E-state index contributed by atoms with van der Waals surface area (Å²) in [5.41, 5.74) is 1.98. The third-order valence-electron chi connectivity index (χ3n) is 24.0. The maximum atomic E-state index is 16.6. The number of aliphatic hydroxyl groups excluding tert-OH is 11. The molecule has 22 N–H and O–H groups in total. The highest BCUT2D eigenvalue weighted by molar-refractivity contribution is 6.32. The number of hydrogen-bond donors (Lipinski definition) is 21. The number of aromatic hydroxyl groups is 3. The van der Waals surface area contributed by atoms with E-state index < -0.39 is 281 Å². The van der Waals surface area contributed by atoms with Crippen molar-refractivity contribution < 1.29 is 148 Å². The first kappa shape index (κ1) is 101. The number of carbonyl (C=O) groups is 9. The van der Waals surface area contributed by atoms with Crippen molar-refractivity contribution in [3.63, 3.8) is 0 Å². The van der Waals surface area contributed by atoms with Gasteiger partial charge in [-0.05, 0) is 142 Å². The van der Waals surface area contributed by atoms with Crippen LogP contribution in [0.5, 0.6) is 46.0 Å². The van der Waals surface area contributed by atoms with Gasteiger partial charge in [0.05, 0.1) is 52.9 Å². The summed E-state index contributed by atoms with van der Waals surface area (Å²) in [5.74, 6) is -18.5. The third-order valence-corrected chi connectivity index (χ3v) is 24.6. The highest BCUT2D eigenvalue weighted by Crippen LogP contribution is 2.51. The van der Waals surface area contributed by atoms with Crippen molar-refractivity contribution in [2.75, 3.05) is 26.3 Å². The van der Waals surface area contributed by atoms with Crippen molar-refractivity contribution in [1.82, 2.24) is 31.9 Å². The van der Waals surface area contributed by atoms with Crippen LogP contribution in [-0.2, 0) is 68.6 Å². The Morgan fingerprint density at radius 3 is 1.96 bits per heavy atom. The Morgan fingerprint density at radius 1 is 0.703 bits per heavy atom. The molecule has 702 valence electrons. The minimum absolute atomic E-state index is 0.00455. The predicted molar refractivity (Wildman–Crippen MR) is 456 cm³/mol. The summed E-state index contributed by atoms with van der Waals surface area (Å²) in [7, 11) is 0. The van der Waals surface area contributed by atoms with Gasteiger partial charge in [0.15, 0.2) is 41.2 Å². The van der Waals surface area contributed by atoms with Gasteiger partial charge in [0.25, 0.3) is 6.47 Å². The lowest BCUT2D eigenvalue weighted by Gasteiger charge is -2.48. The molecule has 39 heteroatoms. The molecular formula is C89H117Cl2N7O30. The number of phenols is 3. The van der Waals surface area contributed by atoms with Crippen LogP contribution in [0, 0.1) is 17.8 Å². The standard InChI is InChI=1S/C89H117Cl2N7O30/c1-7-9-10-11-12-13-15-25-94-89(6)36-67(123-42(5)82(89)117)127-81-79(116)77(114)65(39-100)126-88(81)128-80-63-31-47-32-64(80)125-62-23-20-46(29-54(62)91)73(110)71-86(121)98-87(122-40-101)51-35-57(104)52(37-93-24-16-14-17-56(103)75(112)78(115)76(113)60(107)38-99)74(111)68(51)50-27-44(18-21-55(50)102)49(85(120)97-71)34-59(106)69(47)95-84(119)48(33-66(92)108)30-58(105)70(96-83(118)43(8-2)26-41(3)4)72(109)45-19-22-61(124-63)53(90)28-45/h18-23,27-29,31-32,35,40-43,48-49,60,65,67,69-73,75-79,81-82,87-88,93-94,99-100,102,104,107,109-117H,7-17,24-26,30,33-34,36-39H2,1-6H3,(H2,92,108)(H,95,119)(H,96,118)(H,97,120)(H,98,121)/t42?,43-,48+,49+,60-,65-,67+,69-,70+,71+,72-,73-,75+,76-,77?,78-,79?,81-,82-,87-,88?,89?/m1/s1. The van der Waals surface area contributed by atoms with Gasteiger partial charge in [0.2, 0.25) is 47.8 Å². The summed E-state index contributed by atoms with van der Waals surface area (Å²) in [5, 5.41) is 174. The number of hydrogen-bond acceptors (Lipinski definition) is 32. The number of unbranched alkanes of at least 4 members (excludes halogenated alkanes) is 7. The highest BCUT2D eigenvalue weighted by atomic mass is 35.5. The zero-order valence-corrected chi connectivity index (χ0v) is 73.2. The van der Waals surface area contributed by atoms with Crippen LogP contribution in [0.4, 0.5) is 0 Å². The average molecular weight is 1840 g/mol. The Labute approximate surface area is 748 Å². The molecule has 5 aromatic rings. The van der Waals surface area contributed by atoms with E-state index in [4.69, 9.17) is 62.1 Å². The lowest BCUT2D eigenvalue weighted by atomic mass is 9.84. The molecule has 5 aromatic carbocycles. The van der Waals surface area contributed by atoms with Crippen molar-refractivity contribution in [3.05, 3.63) is 116 Å². The Balaban J connectivity index is 1.16. The first-order valence-corrected chi connectivity index (χ1v) is 43.7. The first-order valence-electron chi connectivity index (χ1n) is 43.0. The Kier molecular flexibility index (Phi) is 35.8. The van der Waals surface area contributed by atoms with Crippen LogP contribution in [0.25, 0.3) is 11.1 Å². The van der Waals surface area contributed by atoms with Crippen LogP contribution in [0.15, 0.2) is 72.8 Å². The molecule has 22 atom stereocenters. The van der Waals surface area contributed by atoms with Gasteiger partial charge in [0, 0.05) is 66.8 Å². The first-order chi connectivity index (χ1) is 60.8. The molecule has 12 rings (SSSR count). The third kappa shape index (κ3) is 24.3. The van der Waals surface area contributed by atoms with Crippen LogP contribution in [0.1, 0.15) is 208 Å². The number of amides is 5. The molecule has 0 spiro atoms. The van der Waals surface area contributed by atoms with Gasteiger partial charge in [-0.3, -0.25) is 43.2 Å². The Bertz CT molecular complexity index is 4760. The van der Waals surface area contributed by atoms with E-state index in [-0.39, 0.29) is 89.8 Å². The van der Waals surface area contributed by atoms with E-state index in [0.29, 0.717) is 13.0 Å². The predicted octanol–water partition coefficient (Wildman–Crippen LogP) is 4.21. The van der Waals surface area contributed by atoms with E-state index in [1.54, 1.807) is 20.8 Å². The number of benzene rings is 5. The van der Waals surface area contributed by atoms with Crippen LogP contribution >= 0.6 is 23.2 Å². The number of nitrogens with two attached hydrogens (primary N) is 1. The van der Waals surface area contributed by atoms with Crippen molar-refractivity contribution in [2.24, 2.45) is 23.5 Å². The van der Waals surface area contributed by atoms with Gasteiger partial charge >= 0.3 is 0 Å². The highest BCUT2D eigenvalue weighted by Gasteiger charge is 2.53. The summed E-state index contributed by atoms with van der Waals surface area (Å²) >= 11 is 14.4. The SMILES string of the molecule is CCCCCCCCCNC1(C)C[C@H](O[C@H]2C(Oc3c4cc5cc3Oc3ccc(cc3Cl)[C@@H](O)[C@@H](NC(=O)[C@H](CC)CC(C)C)C(=O)C[C@@H](CC(N)=O)C(=O)N[C@H]5C(=O)C[C@@H]3C(=O)N[C@H](C(=O)N[C@H](OC=O)c5cc(O)c(CNCCCCC(=O)[C@H](O)[C@@H](O)[C@H](O)[C@H](O)CO)c(O)c5-c5cc3ccc5O)[C@H](O)c3ccc(c(Cl)c3)O4)O[C@H](CO)C(O)C2O)OC(C)[C@H]1O. The van der Waals surface area contributed by atoms with E-state index in [9.17, 15) is 90.7 Å². The molecule has 11 bridgehead atoms. The number of nitrogens with one attached hydrogen (secondary N) is 6. The fourth-order valence-electron chi connectivity index (χ4n) is 16.6. The molecule has 7 aliphatic rings. The van der Waals surface area contributed by atoms with Crippen LogP contribution < -0.4 is 51.8 Å². The lowest BCUT2D eigenvalue weighted by Crippen LogP contribution is -2.65. The van der Waals surface area contributed by atoms with Crippen LogP contribution in [-0.4, -0.2) is 242 Å². The Hall–Kier alpha value is -9.33. The Morgan fingerprint density at radius 2 is 1.34 bits per heavy atom. The number of aliphatic hydroxyl groups is 11. The fraction of sp³-hybridized carbons (Fsp3) is 0.562. The molecule has 5 amide bonds. The number of rotatable bonds is 35. The molecule has 37 nitrogen and oxygen atoms in total. The number of primary amides is 1. The minimum Gasteiger partial charge on any atom is -0.507 e. The summed E-state index contributed by atoms with van der Waals surface area (Å²) in [4.78, 5) is 132. The lowest BCUT2D eigenvalue weighted by molar-refractivity contribution is -0.334. The van der Waals surface area contributed by atoms with E-state index in [1.807, 2.05) is 13.8 Å². The molecule has 0 aromatic heterocycles. The molecule has 0 aliphatic carbocycles.